The van der Waals surface area contributed by atoms with Crippen LogP contribution >= 0.6 is 0 Å². The number of nitrogens with one attached hydrogen (secondary N) is 1. The molecule has 1 aliphatic rings. The van der Waals surface area contributed by atoms with Crippen molar-refractivity contribution in [3.05, 3.63) is 0 Å². The molecule has 0 saturated heterocycles. The van der Waals surface area contributed by atoms with Gasteiger partial charge in [-0.3, -0.25) is 4.79 Å². The first-order chi connectivity index (χ1) is 5.91. The first-order valence-electron chi connectivity index (χ1n) is 4.29. The van der Waals surface area contributed by atoms with Crippen molar-refractivity contribution < 1.29 is 18.0 Å². The zero-order valence-corrected chi connectivity index (χ0v) is 7.32. The van der Waals surface area contributed by atoms with E-state index in [4.69, 9.17) is 0 Å². The van der Waals surface area contributed by atoms with Gasteiger partial charge in [0.25, 0.3) is 0 Å². The quantitative estimate of drug-likeness (QED) is 0.679. The number of carbonyl (C=O) groups is 1. The van der Waals surface area contributed by atoms with E-state index in [1.165, 1.54) is 0 Å². The van der Waals surface area contributed by atoms with Crippen molar-refractivity contribution in [2.45, 2.75) is 38.4 Å². The zero-order valence-electron chi connectivity index (χ0n) is 7.32. The molecule has 1 aliphatic carbocycles. The van der Waals surface area contributed by atoms with Crippen LogP contribution in [-0.4, -0.2) is 18.1 Å². The number of carbonyl (C=O) groups excluding carboxylic acids is 1. The van der Waals surface area contributed by atoms with Gasteiger partial charge in [-0.05, 0) is 18.8 Å². The van der Waals surface area contributed by atoms with Crippen molar-refractivity contribution in [1.29, 1.82) is 0 Å². The average molecular weight is 195 g/mol. The van der Waals surface area contributed by atoms with Crippen LogP contribution in [0.3, 0.4) is 0 Å². The fourth-order valence-electron chi connectivity index (χ4n) is 1.61. The molecule has 0 aromatic heterocycles. The molecule has 1 N–H and O–H groups in total. The Hall–Kier alpha value is -0.740. The van der Waals surface area contributed by atoms with Crippen molar-refractivity contribution in [2.75, 3.05) is 0 Å². The Morgan fingerprint density at radius 2 is 2.00 bits per heavy atom. The average Bonchev–Trinajstić information content (AvgIpc) is 2.34. The zero-order chi connectivity index (χ0) is 10.1. The van der Waals surface area contributed by atoms with Gasteiger partial charge < -0.3 is 5.32 Å². The first kappa shape index (κ1) is 10.3. The fourth-order valence-corrected chi connectivity index (χ4v) is 1.61. The molecule has 0 aromatic carbocycles. The highest BCUT2D eigenvalue weighted by atomic mass is 19.4. The number of hydrogen-bond acceptors (Lipinski definition) is 1. The van der Waals surface area contributed by atoms with E-state index in [9.17, 15) is 18.0 Å². The van der Waals surface area contributed by atoms with E-state index in [0.29, 0.717) is 6.42 Å². The normalized spacial score (nSPS) is 28.9. The first-order valence-corrected chi connectivity index (χ1v) is 4.29. The van der Waals surface area contributed by atoms with E-state index < -0.39 is 12.1 Å². The molecule has 2 nitrogen and oxygen atoms in total. The van der Waals surface area contributed by atoms with Gasteiger partial charge in [0.15, 0.2) is 0 Å². The minimum Gasteiger partial charge on any atom is -0.345 e. The Morgan fingerprint density at radius 1 is 1.38 bits per heavy atom. The van der Waals surface area contributed by atoms with Gasteiger partial charge in [0.2, 0.25) is 0 Å². The van der Waals surface area contributed by atoms with Gasteiger partial charge in [0.1, 0.15) is 0 Å². The third-order valence-electron chi connectivity index (χ3n) is 2.44. The second-order valence-electron chi connectivity index (χ2n) is 3.49. The van der Waals surface area contributed by atoms with Gasteiger partial charge in [-0.15, -0.1) is 0 Å². The second kappa shape index (κ2) is 3.55. The Morgan fingerprint density at radius 3 is 2.38 bits per heavy atom. The number of rotatable bonds is 1. The van der Waals surface area contributed by atoms with E-state index in [2.05, 4.69) is 0 Å². The maximum atomic E-state index is 11.8. The maximum absolute atomic E-state index is 11.8. The third-order valence-corrected chi connectivity index (χ3v) is 2.44. The Balaban J connectivity index is 2.45. The van der Waals surface area contributed by atoms with E-state index in [1.807, 2.05) is 12.2 Å². The topological polar surface area (TPSA) is 29.1 Å². The van der Waals surface area contributed by atoms with Crippen molar-refractivity contribution in [1.82, 2.24) is 5.32 Å². The Bertz CT molecular complexity index is 202. The highest BCUT2D eigenvalue weighted by Crippen LogP contribution is 2.26. The van der Waals surface area contributed by atoms with Crippen LogP contribution < -0.4 is 5.32 Å². The Kier molecular flexibility index (Phi) is 2.83. The lowest BCUT2D eigenvalue weighted by Gasteiger charge is -2.17. The summed E-state index contributed by atoms with van der Waals surface area (Å²) in [6, 6.07) is -0.297. The molecule has 76 valence electrons. The summed E-state index contributed by atoms with van der Waals surface area (Å²) >= 11 is 0. The van der Waals surface area contributed by atoms with Crippen LogP contribution in [0.5, 0.6) is 0 Å². The molecule has 1 rings (SSSR count). The molecule has 1 fully saturated rings. The van der Waals surface area contributed by atoms with Gasteiger partial charge in [-0.1, -0.05) is 13.3 Å². The lowest BCUT2D eigenvalue weighted by atomic mass is 10.1. The maximum Gasteiger partial charge on any atom is 0.471 e. The summed E-state index contributed by atoms with van der Waals surface area (Å²) in [5, 5.41) is 2.00. The molecule has 2 unspecified atom stereocenters. The molecule has 0 bridgehead atoms. The highest BCUT2D eigenvalue weighted by molar-refractivity contribution is 5.81. The SMILES string of the molecule is CC1CCCC1NC(=O)C(F)(F)F. The number of amides is 1. The van der Waals surface area contributed by atoms with Crippen LogP contribution in [0.4, 0.5) is 13.2 Å². The van der Waals surface area contributed by atoms with Gasteiger partial charge >= 0.3 is 12.1 Å². The molecule has 0 radical (unpaired) electrons. The van der Waals surface area contributed by atoms with Crippen molar-refractivity contribution in [3.63, 3.8) is 0 Å². The van der Waals surface area contributed by atoms with Crippen LogP contribution in [0.1, 0.15) is 26.2 Å². The molecular weight excluding hydrogens is 183 g/mol. The molecule has 13 heavy (non-hydrogen) atoms. The fraction of sp³-hybridized carbons (Fsp3) is 0.875. The van der Waals surface area contributed by atoms with Gasteiger partial charge in [-0.2, -0.15) is 13.2 Å². The minimum atomic E-state index is -4.75. The molecular formula is C8H12F3NO. The molecule has 0 aromatic rings. The lowest BCUT2D eigenvalue weighted by Crippen LogP contribution is -2.44. The molecule has 1 saturated carbocycles. The van der Waals surface area contributed by atoms with E-state index in [0.717, 1.165) is 12.8 Å². The van der Waals surface area contributed by atoms with Crippen molar-refractivity contribution >= 4 is 5.91 Å². The van der Waals surface area contributed by atoms with Crippen LogP contribution in [0.15, 0.2) is 0 Å². The van der Waals surface area contributed by atoms with Gasteiger partial charge in [0, 0.05) is 6.04 Å². The largest absolute Gasteiger partial charge is 0.471 e. The van der Waals surface area contributed by atoms with Crippen molar-refractivity contribution in [2.24, 2.45) is 5.92 Å². The minimum absolute atomic E-state index is 0.159. The van der Waals surface area contributed by atoms with Crippen LogP contribution in [0.2, 0.25) is 0 Å². The summed E-state index contributed by atoms with van der Waals surface area (Å²) in [6.45, 7) is 1.86. The monoisotopic (exact) mass is 195 g/mol. The van der Waals surface area contributed by atoms with E-state index >= 15 is 0 Å². The van der Waals surface area contributed by atoms with E-state index in [1.54, 1.807) is 0 Å². The predicted molar refractivity (Wildman–Crippen MR) is 41.0 cm³/mol. The summed E-state index contributed by atoms with van der Waals surface area (Å²) in [5.74, 6) is -1.66. The molecule has 1 amide bonds. The molecule has 0 heterocycles. The summed E-state index contributed by atoms with van der Waals surface area (Å²) in [4.78, 5) is 10.5. The lowest BCUT2D eigenvalue weighted by molar-refractivity contribution is -0.174. The second-order valence-corrected chi connectivity index (χ2v) is 3.49. The standard InChI is InChI=1S/C8H12F3NO/c1-5-3-2-4-6(5)12-7(13)8(9,10)11/h5-6H,2-4H2,1H3,(H,12,13). The molecule has 5 heteroatoms. The molecule has 0 spiro atoms. The summed E-state index contributed by atoms with van der Waals surface area (Å²) in [5.41, 5.74) is 0. The third kappa shape index (κ3) is 2.60. The van der Waals surface area contributed by atoms with E-state index in [-0.39, 0.29) is 12.0 Å². The highest BCUT2D eigenvalue weighted by Gasteiger charge is 2.40. The number of hydrogen-bond donors (Lipinski definition) is 1. The smallest absolute Gasteiger partial charge is 0.345 e. The predicted octanol–water partition coefficient (Wildman–Crippen LogP) is 1.85. The molecule has 0 aliphatic heterocycles. The number of halogens is 3. The Labute approximate surface area is 74.5 Å². The summed E-state index contributed by atoms with van der Waals surface area (Å²) < 4.78 is 35.5. The number of alkyl halides is 3. The molecule has 2 atom stereocenters. The van der Waals surface area contributed by atoms with Crippen LogP contribution in [-0.2, 0) is 4.79 Å². The summed E-state index contributed by atoms with van der Waals surface area (Å²) in [7, 11) is 0. The summed E-state index contributed by atoms with van der Waals surface area (Å²) in [6.07, 6.45) is -2.31. The van der Waals surface area contributed by atoms with Crippen LogP contribution in [0, 0.1) is 5.92 Å². The van der Waals surface area contributed by atoms with Crippen LogP contribution in [0.25, 0.3) is 0 Å². The van der Waals surface area contributed by atoms with Crippen molar-refractivity contribution in [3.8, 4) is 0 Å². The van der Waals surface area contributed by atoms with Gasteiger partial charge in [-0.25, -0.2) is 0 Å². The van der Waals surface area contributed by atoms with Gasteiger partial charge in [0.05, 0.1) is 0 Å².